The average Bonchev–Trinajstić information content (AvgIpc) is 3.04. The van der Waals surface area contributed by atoms with Crippen LogP contribution in [0.15, 0.2) is 24.3 Å². The molecule has 0 aliphatic heterocycles. The summed E-state index contributed by atoms with van der Waals surface area (Å²) < 4.78 is 1.87. The second kappa shape index (κ2) is 3.41. The smallest absolute Gasteiger partial charge is 0.202 e. The topological polar surface area (TPSA) is 59.4 Å². The van der Waals surface area contributed by atoms with Gasteiger partial charge in [0.15, 0.2) is 0 Å². The average molecular weight is 239 g/mol. The molecule has 2 heterocycles. The van der Waals surface area contributed by atoms with Crippen LogP contribution in [-0.2, 0) is 7.05 Å². The van der Waals surface area contributed by atoms with Crippen LogP contribution in [0.2, 0.25) is 0 Å². The summed E-state index contributed by atoms with van der Waals surface area (Å²) in [6.07, 6.45) is 2.44. The van der Waals surface area contributed by atoms with E-state index >= 15 is 0 Å². The van der Waals surface area contributed by atoms with Gasteiger partial charge in [0.2, 0.25) is 5.82 Å². The molecule has 0 bridgehead atoms. The fourth-order valence-corrected chi connectivity index (χ4v) is 2.30. The molecule has 5 heteroatoms. The number of aromatic nitrogens is 5. The summed E-state index contributed by atoms with van der Waals surface area (Å²) in [5, 5.41) is 13.0. The molecule has 0 spiro atoms. The van der Waals surface area contributed by atoms with E-state index in [4.69, 9.17) is 0 Å². The Morgan fingerprint density at radius 1 is 1.28 bits per heavy atom. The van der Waals surface area contributed by atoms with Crippen LogP contribution in [0.4, 0.5) is 0 Å². The first-order chi connectivity index (χ1) is 8.83. The molecule has 1 aromatic carbocycles. The van der Waals surface area contributed by atoms with Gasteiger partial charge in [-0.25, -0.2) is 4.98 Å². The van der Waals surface area contributed by atoms with E-state index in [0.717, 1.165) is 22.4 Å². The number of aryl methyl sites for hydroxylation is 1. The summed E-state index contributed by atoms with van der Waals surface area (Å²) in [7, 11) is 1.94. The van der Waals surface area contributed by atoms with Gasteiger partial charge in [0.1, 0.15) is 11.5 Å². The molecule has 3 aromatic rings. The number of rotatable bonds is 2. The normalized spacial score (nSPS) is 15.4. The summed E-state index contributed by atoms with van der Waals surface area (Å²) in [4.78, 5) is 4.56. The van der Waals surface area contributed by atoms with Gasteiger partial charge in [-0.05, 0) is 18.9 Å². The highest BCUT2D eigenvalue weighted by Gasteiger charge is 2.28. The first-order valence-electron chi connectivity index (χ1n) is 6.17. The maximum Gasteiger partial charge on any atom is 0.202 e. The van der Waals surface area contributed by atoms with E-state index in [9.17, 15) is 0 Å². The van der Waals surface area contributed by atoms with Crippen molar-refractivity contribution in [2.45, 2.75) is 18.8 Å². The molecule has 0 atom stereocenters. The second-order valence-corrected chi connectivity index (χ2v) is 4.81. The minimum absolute atomic E-state index is 0.584. The summed E-state index contributed by atoms with van der Waals surface area (Å²) in [5.41, 5.74) is 1.96. The van der Waals surface area contributed by atoms with E-state index in [0.29, 0.717) is 11.7 Å². The number of benzene rings is 1. The first kappa shape index (κ1) is 9.82. The summed E-state index contributed by atoms with van der Waals surface area (Å²) >= 11 is 0. The monoisotopic (exact) mass is 239 g/mol. The molecular weight excluding hydrogens is 226 g/mol. The molecule has 90 valence electrons. The largest absolute Gasteiger partial charge is 0.267 e. The molecule has 0 saturated heterocycles. The summed E-state index contributed by atoms with van der Waals surface area (Å²) in [6.45, 7) is 0. The maximum atomic E-state index is 4.56. The fourth-order valence-electron chi connectivity index (χ4n) is 2.30. The van der Waals surface area contributed by atoms with Crippen molar-refractivity contribution >= 4 is 10.9 Å². The Balaban J connectivity index is 1.89. The number of nitrogens with zero attached hydrogens (tertiary/aromatic N) is 4. The molecule has 0 amide bonds. The number of hydrogen-bond acceptors (Lipinski definition) is 3. The molecule has 1 aliphatic rings. The zero-order valence-corrected chi connectivity index (χ0v) is 10.1. The fraction of sp³-hybridized carbons (Fsp3) is 0.308. The Morgan fingerprint density at radius 3 is 2.94 bits per heavy atom. The molecule has 1 fully saturated rings. The van der Waals surface area contributed by atoms with Gasteiger partial charge in [-0.1, -0.05) is 18.2 Å². The van der Waals surface area contributed by atoms with E-state index in [2.05, 4.69) is 32.4 Å². The van der Waals surface area contributed by atoms with Crippen LogP contribution in [0, 0.1) is 0 Å². The zero-order valence-electron chi connectivity index (χ0n) is 10.1. The van der Waals surface area contributed by atoms with Crippen LogP contribution in [0.3, 0.4) is 0 Å². The molecular formula is C13H13N5. The predicted molar refractivity (Wildman–Crippen MR) is 68.1 cm³/mol. The number of hydrogen-bond donors (Lipinski definition) is 1. The third-order valence-corrected chi connectivity index (χ3v) is 3.44. The highest BCUT2D eigenvalue weighted by molar-refractivity contribution is 5.91. The van der Waals surface area contributed by atoms with Crippen molar-refractivity contribution in [1.29, 1.82) is 0 Å². The minimum atomic E-state index is 0.584. The number of H-pyrrole nitrogens is 1. The van der Waals surface area contributed by atoms with Crippen LogP contribution in [0.25, 0.3) is 22.4 Å². The molecule has 1 saturated carbocycles. The van der Waals surface area contributed by atoms with Crippen molar-refractivity contribution < 1.29 is 0 Å². The van der Waals surface area contributed by atoms with Gasteiger partial charge in [0.05, 0.1) is 5.52 Å². The summed E-state index contributed by atoms with van der Waals surface area (Å²) in [6, 6.07) is 8.15. The Hall–Kier alpha value is -2.17. The van der Waals surface area contributed by atoms with Crippen LogP contribution in [0.1, 0.15) is 24.6 Å². The third kappa shape index (κ3) is 1.37. The van der Waals surface area contributed by atoms with Crippen molar-refractivity contribution in [2.24, 2.45) is 7.05 Å². The van der Waals surface area contributed by atoms with E-state index < -0.39 is 0 Å². The Kier molecular flexibility index (Phi) is 1.86. The van der Waals surface area contributed by atoms with Crippen molar-refractivity contribution in [3.05, 3.63) is 30.1 Å². The number of nitrogens with one attached hydrogen (secondary N) is 1. The first-order valence-corrected chi connectivity index (χ1v) is 6.17. The molecule has 1 aliphatic carbocycles. The Bertz CT molecular complexity index is 720. The van der Waals surface area contributed by atoms with Gasteiger partial charge in [0.25, 0.3) is 0 Å². The van der Waals surface area contributed by atoms with Gasteiger partial charge < -0.3 is 0 Å². The number of aromatic amines is 1. The van der Waals surface area contributed by atoms with Crippen molar-refractivity contribution in [3.8, 4) is 11.5 Å². The van der Waals surface area contributed by atoms with Gasteiger partial charge in [-0.15, -0.1) is 0 Å². The minimum Gasteiger partial charge on any atom is -0.267 e. The SMILES string of the molecule is Cn1nc(-c2n[nH]c(C3CC3)n2)c2ccccc21. The molecule has 1 N–H and O–H groups in total. The second-order valence-electron chi connectivity index (χ2n) is 4.81. The zero-order chi connectivity index (χ0) is 12.1. The third-order valence-electron chi connectivity index (χ3n) is 3.44. The van der Waals surface area contributed by atoms with E-state index in [1.54, 1.807) is 0 Å². The lowest BCUT2D eigenvalue weighted by molar-refractivity contribution is 0.798. The standard InChI is InChI=1S/C13H13N5/c1-18-10-5-3-2-4-9(10)11(17-18)13-14-12(15-16-13)8-6-7-8/h2-5,8H,6-7H2,1H3,(H,14,15,16). The molecule has 0 radical (unpaired) electrons. The van der Waals surface area contributed by atoms with E-state index in [-0.39, 0.29) is 0 Å². The van der Waals surface area contributed by atoms with E-state index in [1.807, 2.05) is 23.9 Å². The molecule has 5 nitrogen and oxygen atoms in total. The quantitative estimate of drug-likeness (QED) is 0.746. The number of fused-ring (bicyclic) bond motifs is 1. The lowest BCUT2D eigenvalue weighted by Gasteiger charge is -1.90. The van der Waals surface area contributed by atoms with Gasteiger partial charge in [-0.3, -0.25) is 9.78 Å². The molecule has 4 rings (SSSR count). The van der Waals surface area contributed by atoms with Crippen LogP contribution in [0.5, 0.6) is 0 Å². The van der Waals surface area contributed by atoms with Gasteiger partial charge in [-0.2, -0.15) is 10.2 Å². The molecule has 2 aromatic heterocycles. The Labute approximate surface area is 104 Å². The van der Waals surface area contributed by atoms with Crippen molar-refractivity contribution in [3.63, 3.8) is 0 Å². The van der Waals surface area contributed by atoms with Crippen LogP contribution in [-0.4, -0.2) is 25.0 Å². The van der Waals surface area contributed by atoms with Crippen LogP contribution < -0.4 is 0 Å². The van der Waals surface area contributed by atoms with Crippen molar-refractivity contribution in [1.82, 2.24) is 25.0 Å². The van der Waals surface area contributed by atoms with Crippen molar-refractivity contribution in [2.75, 3.05) is 0 Å². The van der Waals surface area contributed by atoms with Crippen LogP contribution >= 0.6 is 0 Å². The maximum absolute atomic E-state index is 4.56. The van der Waals surface area contributed by atoms with Gasteiger partial charge >= 0.3 is 0 Å². The number of para-hydroxylation sites is 1. The lowest BCUT2D eigenvalue weighted by atomic mass is 10.2. The summed E-state index contributed by atoms with van der Waals surface area (Å²) in [5.74, 6) is 2.29. The predicted octanol–water partition coefficient (Wildman–Crippen LogP) is 2.24. The van der Waals surface area contributed by atoms with E-state index in [1.165, 1.54) is 12.8 Å². The molecule has 18 heavy (non-hydrogen) atoms. The molecule has 0 unspecified atom stereocenters. The Morgan fingerprint density at radius 2 is 2.11 bits per heavy atom. The highest BCUT2D eigenvalue weighted by atomic mass is 15.3. The van der Waals surface area contributed by atoms with Gasteiger partial charge in [0, 0.05) is 18.4 Å². The lowest BCUT2D eigenvalue weighted by Crippen LogP contribution is -1.90. The highest BCUT2D eigenvalue weighted by Crippen LogP contribution is 2.38.